The maximum Gasteiger partial charge on any atom is 0.234 e. The van der Waals surface area contributed by atoms with E-state index in [1.807, 2.05) is 0 Å². The summed E-state index contributed by atoms with van der Waals surface area (Å²) in [4.78, 5) is 11.5. The number of nitrogens with zero attached hydrogens (tertiary/aromatic N) is 1. The summed E-state index contributed by atoms with van der Waals surface area (Å²) in [6, 6.07) is 11.3. The number of halogens is 2. The third-order valence-corrected chi connectivity index (χ3v) is 3.77. The van der Waals surface area contributed by atoms with Crippen LogP contribution in [0.5, 0.6) is 11.5 Å². The van der Waals surface area contributed by atoms with E-state index < -0.39 is 11.7 Å². The minimum Gasteiger partial charge on any atom is -0.493 e. The second kappa shape index (κ2) is 8.90. The average Bonchev–Trinajstić information content (AvgIpc) is 2.60. The Hall–Kier alpha value is -2.78. The highest BCUT2D eigenvalue weighted by molar-refractivity contribution is 6.31. The lowest BCUT2D eigenvalue weighted by molar-refractivity contribution is -0.120. The van der Waals surface area contributed by atoms with Gasteiger partial charge in [0.25, 0.3) is 0 Å². The molecule has 7 heteroatoms. The van der Waals surface area contributed by atoms with Gasteiger partial charge in [0.15, 0.2) is 11.5 Å². The Labute approximate surface area is 149 Å². The number of amides is 1. The molecule has 130 valence electrons. The van der Waals surface area contributed by atoms with Crippen molar-refractivity contribution in [2.75, 3.05) is 7.11 Å². The minimum absolute atomic E-state index is 0.0922. The molecule has 2 aromatic carbocycles. The first-order valence-electron chi connectivity index (χ1n) is 7.42. The summed E-state index contributed by atoms with van der Waals surface area (Å²) >= 11 is 6.01. The van der Waals surface area contributed by atoms with Crippen molar-refractivity contribution in [1.82, 2.24) is 5.32 Å². The number of ether oxygens (including phenoxy) is 2. The Morgan fingerprint density at radius 3 is 2.76 bits per heavy atom. The van der Waals surface area contributed by atoms with Crippen LogP contribution in [0, 0.1) is 17.1 Å². The lowest BCUT2D eigenvalue weighted by Gasteiger charge is -2.16. The van der Waals surface area contributed by atoms with Crippen molar-refractivity contribution >= 4 is 17.5 Å². The first kappa shape index (κ1) is 18.6. The largest absolute Gasteiger partial charge is 0.493 e. The van der Waals surface area contributed by atoms with Crippen LogP contribution in [-0.4, -0.2) is 13.0 Å². The zero-order valence-electron chi connectivity index (χ0n) is 13.5. The maximum absolute atomic E-state index is 13.9. The molecule has 0 saturated heterocycles. The number of methoxy groups -OCH3 is 1. The average molecular weight is 363 g/mol. The van der Waals surface area contributed by atoms with Crippen LogP contribution in [0.4, 0.5) is 4.39 Å². The van der Waals surface area contributed by atoms with Gasteiger partial charge in [-0.3, -0.25) is 4.79 Å². The summed E-state index contributed by atoms with van der Waals surface area (Å²) in [6.07, 6.45) is -0.231. The molecule has 0 aliphatic heterocycles. The molecule has 2 aromatic rings. The first-order valence-corrected chi connectivity index (χ1v) is 7.79. The molecule has 0 spiro atoms. The van der Waals surface area contributed by atoms with E-state index >= 15 is 0 Å². The molecule has 0 aromatic heterocycles. The van der Waals surface area contributed by atoms with E-state index in [0.29, 0.717) is 17.1 Å². The van der Waals surface area contributed by atoms with Gasteiger partial charge in [0, 0.05) is 17.7 Å². The second-order valence-electron chi connectivity index (χ2n) is 5.05. The van der Waals surface area contributed by atoms with E-state index in [1.54, 1.807) is 30.3 Å². The van der Waals surface area contributed by atoms with Crippen LogP contribution >= 0.6 is 11.6 Å². The SMILES string of the molecule is COc1cccc(CNC(=O)CC#N)c1OCc1c(F)cccc1Cl. The fraction of sp³-hybridized carbons (Fsp3) is 0.222. The Balaban J connectivity index is 2.20. The van der Waals surface area contributed by atoms with Gasteiger partial charge in [0.05, 0.1) is 18.2 Å². The van der Waals surface area contributed by atoms with E-state index in [9.17, 15) is 9.18 Å². The topological polar surface area (TPSA) is 71.3 Å². The van der Waals surface area contributed by atoms with E-state index in [1.165, 1.54) is 19.2 Å². The van der Waals surface area contributed by atoms with Crippen molar-refractivity contribution in [2.24, 2.45) is 0 Å². The second-order valence-corrected chi connectivity index (χ2v) is 5.46. The van der Waals surface area contributed by atoms with Gasteiger partial charge in [-0.25, -0.2) is 4.39 Å². The van der Waals surface area contributed by atoms with Crippen molar-refractivity contribution in [1.29, 1.82) is 5.26 Å². The molecule has 2 rings (SSSR count). The summed E-state index contributed by atoms with van der Waals surface area (Å²) in [5.41, 5.74) is 0.868. The van der Waals surface area contributed by atoms with Crippen LogP contribution in [0.3, 0.4) is 0 Å². The summed E-state index contributed by atoms with van der Waals surface area (Å²) in [5.74, 6) is -0.0410. The highest BCUT2D eigenvalue weighted by Gasteiger charge is 2.14. The maximum atomic E-state index is 13.9. The highest BCUT2D eigenvalue weighted by Crippen LogP contribution is 2.32. The fourth-order valence-electron chi connectivity index (χ4n) is 2.17. The minimum atomic E-state index is -0.466. The third-order valence-electron chi connectivity index (χ3n) is 3.42. The Kier molecular flexibility index (Phi) is 6.61. The fourth-order valence-corrected chi connectivity index (χ4v) is 2.39. The molecular formula is C18H16ClFN2O3. The molecule has 0 atom stereocenters. The van der Waals surface area contributed by atoms with E-state index in [2.05, 4.69) is 5.32 Å². The Morgan fingerprint density at radius 2 is 2.08 bits per heavy atom. The Morgan fingerprint density at radius 1 is 1.32 bits per heavy atom. The van der Waals surface area contributed by atoms with Crippen molar-refractivity contribution in [3.8, 4) is 17.6 Å². The lowest BCUT2D eigenvalue weighted by atomic mass is 10.1. The van der Waals surface area contributed by atoms with Crippen LogP contribution < -0.4 is 14.8 Å². The molecule has 5 nitrogen and oxygen atoms in total. The molecule has 0 fully saturated rings. The number of nitrogens with one attached hydrogen (secondary N) is 1. The molecule has 0 aliphatic rings. The zero-order valence-corrected chi connectivity index (χ0v) is 14.3. The van der Waals surface area contributed by atoms with Crippen LogP contribution in [0.2, 0.25) is 5.02 Å². The van der Waals surface area contributed by atoms with Gasteiger partial charge in [0.2, 0.25) is 5.91 Å². The summed E-state index contributed by atoms with van der Waals surface area (Å²) in [7, 11) is 1.48. The summed E-state index contributed by atoms with van der Waals surface area (Å²) in [5, 5.41) is 11.4. The molecule has 0 radical (unpaired) electrons. The highest BCUT2D eigenvalue weighted by atomic mass is 35.5. The normalized spacial score (nSPS) is 10.0. The number of para-hydroxylation sites is 1. The standard InChI is InChI=1S/C18H16ClFN2O3/c1-24-16-7-2-4-12(10-22-17(23)8-9-21)18(16)25-11-13-14(19)5-3-6-15(13)20/h2-7H,8,10-11H2,1H3,(H,22,23). The van der Waals surface area contributed by atoms with Crippen LogP contribution in [-0.2, 0) is 17.9 Å². The van der Waals surface area contributed by atoms with Gasteiger partial charge < -0.3 is 14.8 Å². The zero-order chi connectivity index (χ0) is 18.2. The molecule has 0 saturated carbocycles. The van der Waals surface area contributed by atoms with Gasteiger partial charge in [-0.15, -0.1) is 0 Å². The van der Waals surface area contributed by atoms with E-state index in [4.69, 9.17) is 26.3 Å². The van der Waals surface area contributed by atoms with Crippen molar-refractivity contribution in [3.63, 3.8) is 0 Å². The molecule has 0 heterocycles. The molecule has 0 bridgehead atoms. The number of carbonyl (C=O) groups excluding carboxylic acids is 1. The number of nitriles is 1. The van der Waals surface area contributed by atoms with Crippen LogP contribution in [0.1, 0.15) is 17.5 Å². The molecule has 0 unspecified atom stereocenters. The van der Waals surface area contributed by atoms with Gasteiger partial charge in [-0.1, -0.05) is 29.8 Å². The lowest BCUT2D eigenvalue weighted by Crippen LogP contribution is -2.22. The predicted octanol–water partition coefficient (Wildman–Crippen LogP) is 3.60. The molecule has 0 aliphatic carbocycles. The predicted molar refractivity (Wildman–Crippen MR) is 90.8 cm³/mol. The molecule has 1 amide bonds. The molecular weight excluding hydrogens is 347 g/mol. The van der Waals surface area contributed by atoms with Crippen molar-refractivity contribution in [3.05, 3.63) is 58.4 Å². The van der Waals surface area contributed by atoms with Gasteiger partial charge >= 0.3 is 0 Å². The number of hydrogen-bond donors (Lipinski definition) is 1. The molecule has 1 N–H and O–H groups in total. The van der Waals surface area contributed by atoms with Gasteiger partial charge in [-0.2, -0.15) is 5.26 Å². The quantitative estimate of drug-likeness (QED) is 0.817. The van der Waals surface area contributed by atoms with Gasteiger partial charge in [-0.05, 0) is 18.2 Å². The number of rotatable bonds is 7. The monoisotopic (exact) mass is 362 g/mol. The summed E-state index contributed by atoms with van der Waals surface area (Å²) in [6.45, 7) is 0.0586. The van der Waals surface area contributed by atoms with Crippen molar-refractivity contribution in [2.45, 2.75) is 19.6 Å². The smallest absolute Gasteiger partial charge is 0.234 e. The first-order chi connectivity index (χ1) is 12.1. The van der Waals surface area contributed by atoms with E-state index in [0.717, 1.165) is 0 Å². The number of carbonyl (C=O) groups is 1. The van der Waals surface area contributed by atoms with E-state index in [-0.39, 0.29) is 30.2 Å². The Bertz CT molecular complexity index is 785. The summed E-state index contributed by atoms with van der Waals surface area (Å²) < 4.78 is 24.9. The number of hydrogen-bond acceptors (Lipinski definition) is 4. The van der Waals surface area contributed by atoms with Gasteiger partial charge in [0.1, 0.15) is 18.8 Å². The third kappa shape index (κ3) is 4.85. The number of benzene rings is 2. The molecule has 25 heavy (non-hydrogen) atoms. The van der Waals surface area contributed by atoms with Crippen molar-refractivity contribution < 1.29 is 18.7 Å². The van der Waals surface area contributed by atoms with Crippen LogP contribution in [0.25, 0.3) is 0 Å². The van der Waals surface area contributed by atoms with Crippen LogP contribution in [0.15, 0.2) is 36.4 Å².